The van der Waals surface area contributed by atoms with E-state index < -0.39 is 42.2 Å². The van der Waals surface area contributed by atoms with Gasteiger partial charge in [-0.15, -0.1) is 0 Å². The number of nitrogens with two attached hydrogens (primary N) is 1. The van der Waals surface area contributed by atoms with Crippen molar-refractivity contribution >= 4 is 24.1 Å². The second-order valence-electron chi connectivity index (χ2n) is 3.60. The Morgan fingerprint density at radius 2 is 1.89 bits per heavy atom. The number of hydrogen-bond acceptors (Lipinski definition) is 6. The van der Waals surface area contributed by atoms with Gasteiger partial charge in [-0.05, 0) is 6.92 Å². The van der Waals surface area contributed by atoms with Gasteiger partial charge < -0.3 is 21.0 Å². The van der Waals surface area contributed by atoms with Gasteiger partial charge in [0.15, 0.2) is 0 Å². The zero-order valence-corrected chi connectivity index (χ0v) is 9.62. The van der Waals surface area contributed by atoms with Crippen LogP contribution in [0.3, 0.4) is 0 Å². The third-order valence-corrected chi connectivity index (χ3v) is 2.18. The Hall–Kier alpha value is -2.00. The van der Waals surface area contributed by atoms with E-state index >= 15 is 0 Å². The minimum atomic E-state index is -1.65. The van der Waals surface area contributed by atoms with Crippen LogP contribution >= 0.6 is 0 Å². The quantitative estimate of drug-likeness (QED) is 0.194. The van der Waals surface area contributed by atoms with Gasteiger partial charge in [0.1, 0.15) is 12.3 Å². The summed E-state index contributed by atoms with van der Waals surface area (Å²) in [5, 5.41) is 19.4. The monoisotopic (exact) mass is 261 g/mol. The van der Waals surface area contributed by atoms with Crippen molar-refractivity contribution in [3.8, 4) is 0 Å². The fourth-order valence-electron chi connectivity index (χ4n) is 1.20. The largest absolute Gasteiger partial charge is 0.480 e. The second-order valence-corrected chi connectivity index (χ2v) is 3.60. The molecule has 9 nitrogen and oxygen atoms in total. The second kappa shape index (κ2) is 7.35. The van der Waals surface area contributed by atoms with Crippen molar-refractivity contribution in [3.05, 3.63) is 0 Å². The van der Waals surface area contributed by atoms with Gasteiger partial charge in [-0.2, -0.15) is 0 Å². The van der Waals surface area contributed by atoms with Crippen molar-refractivity contribution in [2.24, 2.45) is 11.7 Å². The first-order chi connectivity index (χ1) is 8.34. The summed E-state index contributed by atoms with van der Waals surface area (Å²) in [4.78, 5) is 43.9. The van der Waals surface area contributed by atoms with Gasteiger partial charge in [0.05, 0.1) is 12.0 Å². The average Bonchev–Trinajstić information content (AvgIpc) is 2.31. The highest BCUT2D eigenvalue weighted by molar-refractivity contribution is 5.92. The van der Waals surface area contributed by atoms with E-state index in [0.29, 0.717) is 6.29 Å². The Bertz CT molecular complexity index is 343. The highest BCUT2D eigenvalue weighted by atomic mass is 16.5. The molecule has 0 aromatic heterocycles. The molecule has 18 heavy (non-hydrogen) atoms. The molecule has 0 aliphatic heterocycles. The zero-order valence-electron chi connectivity index (χ0n) is 9.62. The number of aldehydes is 1. The lowest BCUT2D eigenvalue weighted by atomic mass is 9.95. The standard InChI is InChI=1S/C9H15N3O6/c1-4(10)7(14)11-6(9(16)17)5(2-3-13)8(15)12-18/h3-6,18H,2,10H2,1H3,(H,11,14)(H,12,15)(H,16,17)/t4-,5+,6-/m0/s1. The third kappa shape index (κ3) is 4.47. The average molecular weight is 261 g/mol. The molecule has 0 bridgehead atoms. The van der Waals surface area contributed by atoms with Crippen molar-refractivity contribution < 1.29 is 29.5 Å². The number of carboxylic acids is 1. The predicted molar refractivity (Wildman–Crippen MR) is 57.3 cm³/mol. The summed E-state index contributed by atoms with van der Waals surface area (Å²) in [5.41, 5.74) is 6.49. The van der Waals surface area contributed by atoms with E-state index in [2.05, 4.69) is 0 Å². The molecule has 0 aromatic carbocycles. The maximum Gasteiger partial charge on any atom is 0.327 e. The Morgan fingerprint density at radius 1 is 1.33 bits per heavy atom. The first-order valence-corrected chi connectivity index (χ1v) is 5.01. The highest BCUT2D eigenvalue weighted by Crippen LogP contribution is 2.09. The molecule has 9 heteroatoms. The van der Waals surface area contributed by atoms with Crippen molar-refractivity contribution in [1.82, 2.24) is 10.8 Å². The first-order valence-electron chi connectivity index (χ1n) is 5.01. The summed E-state index contributed by atoms with van der Waals surface area (Å²) in [6.07, 6.45) is -0.156. The first kappa shape index (κ1) is 16.0. The maximum atomic E-state index is 11.3. The van der Waals surface area contributed by atoms with E-state index in [1.807, 2.05) is 5.32 Å². The molecular weight excluding hydrogens is 246 g/mol. The predicted octanol–water partition coefficient (Wildman–Crippen LogP) is -2.39. The summed E-state index contributed by atoms with van der Waals surface area (Å²) < 4.78 is 0. The van der Waals surface area contributed by atoms with Crippen molar-refractivity contribution in [1.29, 1.82) is 0 Å². The summed E-state index contributed by atoms with van der Waals surface area (Å²) in [5.74, 6) is -4.81. The summed E-state index contributed by atoms with van der Waals surface area (Å²) >= 11 is 0. The van der Waals surface area contributed by atoms with Crippen LogP contribution in [-0.4, -0.2) is 46.5 Å². The number of aliphatic carboxylic acids is 1. The number of nitrogens with one attached hydrogen (secondary N) is 2. The molecule has 0 saturated heterocycles. The number of carbonyl (C=O) groups excluding carboxylic acids is 3. The van der Waals surface area contributed by atoms with Crippen LogP contribution in [0.15, 0.2) is 0 Å². The Morgan fingerprint density at radius 3 is 2.22 bits per heavy atom. The Kier molecular flexibility index (Phi) is 6.53. The van der Waals surface area contributed by atoms with Gasteiger partial charge in [0.2, 0.25) is 11.8 Å². The van der Waals surface area contributed by atoms with Crippen molar-refractivity contribution in [2.75, 3.05) is 0 Å². The van der Waals surface area contributed by atoms with Crippen molar-refractivity contribution in [2.45, 2.75) is 25.4 Å². The maximum absolute atomic E-state index is 11.3. The molecule has 0 aliphatic carbocycles. The van der Waals surface area contributed by atoms with Crippen LogP contribution < -0.4 is 16.5 Å². The minimum absolute atomic E-state index is 0.313. The van der Waals surface area contributed by atoms with E-state index in [4.69, 9.17) is 16.0 Å². The van der Waals surface area contributed by atoms with Crippen LogP contribution in [0, 0.1) is 5.92 Å². The van der Waals surface area contributed by atoms with Gasteiger partial charge >= 0.3 is 5.97 Å². The Labute approximate surface area is 102 Å². The van der Waals surface area contributed by atoms with Crippen LogP contribution in [0.25, 0.3) is 0 Å². The number of carboxylic acid groups (broad SMARTS) is 1. The molecule has 102 valence electrons. The van der Waals surface area contributed by atoms with E-state index in [0.717, 1.165) is 0 Å². The number of hydroxylamine groups is 1. The van der Waals surface area contributed by atoms with Gasteiger partial charge in [-0.1, -0.05) is 0 Å². The van der Waals surface area contributed by atoms with Gasteiger partial charge in [0, 0.05) is 6.42 Å². The van der Waals surface area contributed by atoms with Crippen molar-refractivity contribution in [3.63, 3.8) is 0 Å². The van der Waals surface area contributed by atoms with Gasteiger partial charge in [-0.25, -0.2) is 10.3 Å². The molecule has 0 rings (SSSR count). The minimum Gasteiger partial charge on any atom is -0.480 e. The van der Waals surface area contributed by atoms with Gasteiger partial charge in [-0.3, -0.25) is 14.8 Å². The lowest BCUT2D eigenvalue weighted by molar-refractivity contribution is -0.148. The summed E-state index contributed by atoms with van der Waals surface area (Å²) in [6, 6.07) is -2.62. The molecule has 0 aliphatic rings. The molecule has 2 amide bonds. The third-order valence-electron chi connectivity index (χ3n) is 2.18. The molecule has 3 atom stereocenters. The van der Waals surface area contributed by atoms with Crippen LogP contribution in [0.5, 0.6) is 0 Å². The van der Waals surface area contributed by atoms with E-state index in [1.165, 1.54) is 12.4 Å². The lowest BCUT2D eigenvalue weighted by Crippen LogP contribution is -2.54. The molecule has 0 heterocycles. The SMILES string of the molecule is C[C@H](N)C(=O)N[C@H](C(=O)O)[C@@H](CC=O)C(=O)NO. The molecule has 0 aromatic rings. The van der Waals surface area contributed by atoms with Gasteiger partial charge in [0.25, 0.3) is 0 Å². The smallest absolute Gasteiger partial charge is 0.327 e. The van der Waals surface area contributed by atoms with Crippen LogP contribution in [0.1, 0.15) is 13.3 Å². The van der Waals surface area contributed by atoms with E-state index in [1.54, 1.807) is 0 Å². The number of hydrogen-bond donors (Lipinski definition) is 5. The van der Waals surface area contributed by atoms with E-state index in [9.17, 15) is 19.2 Å². The van der Waals surface area contributed by atoms with E-state index in [-0.39, 0.29) is 0 Å². The fourth-order valence-corrected chi connectivity index (χ4v) is 1.20. The summed E-state index contributed by atoms with van der Waals surface area (Å²) in [6.45, 7) is 1.33. The van der Waals surface area contributed by atoms with Crippen LogP contribution in [0.4, 0.5) is 0 Å². The number of carbonyl (C=O) groups is 4. The lowest BCUT2D eigenvalue weighted by Gasteiger charge is -2.22. The molecule has 0 fully saturated rings. The highest BCUT2D eigenvalue weighted by Gasteiger charge is 2.35. The molecular formula is C9H15N3O6. The zero-order chi connectivity index (χ0) is 14.3. The Balaban J connectivity index is 5.03. The molecule has 0 unspecified atom stereocenters. The normalized spacial score (nSPS) is 15.1. The van der Waals surface area contributed by atoms with Crippen LogP contribution in [0.2, 0.25) is 0 Å². The molecule has 0 radical (unpaired) electrons. The van der Waals surface area contributed by atoms with Crippen LogP contribution in [-0.2, 0) is 19.2 Å². The molecule has 0 saturated carbocycles. The molecule has 0 spiro atoms. The number of amides is 2. The molecule has 6 N–H and O–H groups in total. The summed E-state index contributed by atoms with van der Waals surface area (Å²) in [7, 11) is 0. The number of rotatable bonds is 7. The topological polar surface area (TPSA) is 159 Å². The fraction of sp³-hybridized carbons (Fsp3) is 0.556.